The minimum Gasteiger partial charge on any atom is -0.485 e. The largest absolute Gasteiger partial charge is 0.485 e. The van der Waals surface area contributed by atoms with Gasteiger partial charge in [-0.3, -0.25) is 4.79 Å². The molecule has 1 heterocycles. The second-order valence-electron chi connectivity index (χ2n) is 8.18. The van der Waals surface area contributed by atoms with Gasteiger partial charge in [-0.25, -0.2) is 9.78 Å². The lowest BCUT2D eigenvalue weighted by Gasteiger charge is -2.28. The molecule has 6 nitrogen and oxygen atoms in total. The zero-order chi connectivity index (χ0) is 23.7. The third kappa shape index (κ3) is 5.18. The summed E-state index contributed by atoms with van der Waals surface area (Å²) in [6.45, 7) is 4.77. The smallest absolute Gasteiger partial charge is 0.427 e. The molecule has 170 valence electrons. The van der Waals surface area contributed by atoms with E-state index in [9.17, 15) is 27.9 Å². The molecule has 3 rings (SSSR count). The van der Waals surface area contributed by atoms with Crippen LogP contribution in [-0.2, 0) is 17.6 Å². The molecule has 0 spiro atoms. The Morgan fingerprint density at radius 1 is 1.16 bits per heavy atom. The Kier molecular flexibility index (Phi) is 6.45. The number of aromatic nitrogens is 1. The maximum absolute atomic E-state index is 13.0. The summed E-state index contributed by atoms with van der Waals surface area (Å²) in [7, 11) is 0. The van der Waals surface area contributed by atoms with E-state index in [0.29, 0.717) is 16.7 Å². The lowest BCUT2D eigenvalue weighted by Crippen LogP contribution is -2.49. The van der Waals surface area contributed by atoms with Gasteiger partial charge >= 0.3 is 12.1 Å². The molecule has 10 heteroatoms. The second kappa shape index (κ2) is 8.78. The standard InChI is InChI=1S/C22H21F3N2O4S/c1-21(2,3)18(20(29)30)27-19(28)14-9-8-12-6-4-5-7-13(12)17(14)31-11-16-26-10-15(32-16)22(23,24)25/h4-10,18H,11H2,1-3H3,(H,27,28)(H,29,30)/t18-/m1/s1. The van der Waals surface area contributed by atoms with E-state index in [0.717, 1.165) is 11.6 Å². The number of halogens is 3. The Morgan fingerprint density at radius 2 is 1.84 bits per heavy atom. The van der Waals surface area contributed by atoms with Gasteiger partial charge in [-0.1, -0.05) is 51.1 Å². The first-order valence-electron chi connectivity index (χ1n) is 9.58. The summed E-state index contributed by atoms with van der Waals surface area (Å²) in [6.07, 6.45) is -3.76. The molecule has 1 amide bonds. The number of nitrogens with zero attached hydrogens (tertiary/aromatic N) is 1. The van der Waals surface area contributed by atoms with Gasteiger partial charge in [0, 0.05) is 5.39 Å². The van der Waals surface area contributed by atoms with Crippen molar-refractivity contribution in [2.45, 2.75) is 39.6 Å². The van der Waals surface area contributed by atoms with Gasteiger partial charge in [-0.2, -0.15) is 13.2 Å². The van der Waals surface area contributed by atoms with Crippen LogP contribution in [0.25, 0.3) is 10.8 Å². The van der Waals surface area contributed by atoms with E-state index in [4.69, 9.17) is 4.74 Å². The summed E-state index contributed by atoms with van der Waals surface area (Å²) in [4.78, 5) is 27.6. The number of thiazole rings is 1. The number of rotatable bonds is 6. The Morgan fingerprint density at radius 3 is 2.44 bits per heavy atom. The molecule has 0 fully saturated rings. The van der Waals surface area contributed by atoms with Crippen LogP contribution in [0.1, 0.15) is 41.0 Å². The number of benzene rings is 2. The molecule has 2 aromatic carbocycles. The Balaban J connectivity index is 1.95. The van der Waals surface area contributed by atoms with E-state index < -0.39 is 34.4 Å². The number of amides is 1. The normalized spacial score (nSPS) is 13.1. The topological polar surface area (TPSA) is 88.5 Å². The van der Waals surface area contributed by atoms with Gasteiger partial charge in [-0.15, -0.1) is 11.3 Å². The molecular weight excluding hydrogens is 445 g/mol. The first-order chi connectivity index (χ1) is 14.9. The summed E-state index contributed by atoms with van der Waals surface area (Å²) in [5.74, 6) is -1.71. The van der Waals surface area contributed by atoms with E-state index in [-0.39, 0.29) is 22.9 Å². The average Bonchev–Trinajstić information content (AvgIpc) is 3.18. The first kappa shape index (κ1) is 23.5. The number of alkyl halides is 3. The third-order valence-corrected chi connectivity index (χ3v) is 5.70. The number of carbonyl (C=O) groups excluding carboxylic acids is 1. The fourth-order valence-electron chi connectivity index (χ4n) is 3.08. The quantitative estimate of drug-likeness (QED) is 0.526. The van der Waals surface area contributed by atoms with Crippen molar-refractivity contribution in [2.24, 2.45) is 5.41 Å². The molecule has 3 aromatic rings. The summed E-state index contributed by atoms with van der Waals surface area (Å²) < 4.78 is 44.3. The number of carboxylic acids is 1. The minimum absolute atomic E-state index is 0.0757. The number of hydrogen-bond acceptors (Lipinski definition) is 5. The van der Waals surface area contributed by atoms with Crippen LogP contribution < -0.4 is 10.1 Å². The van der Waals surface area contributed by atoms with Crippen molar-refractivity contribution >= 4 is 34.0 Å². The molecule has 1 atom stereocenters. The minimum atomic E-state index is -4.50. The number of carboxylic acid groups (broad SMARTS) is 1. The number of ether oxygens (including phenoxy) is 1. The van der Waals surface area contributed by atoms with Crippen LogP contribution in [-0.4, -0.2) is 28.0 Å². The molecule has 0 bridgehead atoms. The predicted molar refractivity (Wildman–Crippen MR) is 114 cm³/mol. The number of carbonyl (C=O) groups is 2. The van der Waals surface area contributed by atoms with Gasteiger partial charge in [0.2, 0.25) is 0 Å². The van der Waals surface area contributed by atoms with Crippen LogP contribution in [0.2, 0.25) is 0 Å². The van der Waals surface area contributed by atoms with Crippen LogP contribution in [0, 0.1) is 5.41 Å². The van der Waals surface area contributed by atoms with E-state index >= 15 is 0 Å². The Labute approximate surface area is 186 Å². The molecule has 0 unspecified atom stereocenters. The first-order valence-corrected chi connectivity index (χ1v) is 10.4. The maximum Gasteiger partial charge on any atom is 0.427 e. The molecule has 32 heavy (non-hydrogen) atoms. The van der Waals surface area contributed by atoms with Crippen LogP contribution in [0.15, 0.2) is 42.6 Å². The highest BCUT2D eigenvalue weighted by Gasteiger charge is 2.34. The highest BCUT2D eigenvalue weighted by atomic mass is 32.1. The molecule has 0 saturated heterocycles. The maximum atomic E-state index is 13.0. The molecule has 1 aromatic heterocycles. The third-order valence-electron chi connectivity index (χ3n) is 4.69. The zero-order valence-electron chi connectivity index (χ0n) is 17.5. The van der Waals surface area contributed by atoms with E-state index in [2.05, 4.69) is 10.3 Å². The van der Waals surface area contributed by atoms with Crippen molar-refractivity contribution in [3.8, 4) is 5.75 Å². The van der Waals surface area contributed by atoms with Crippen LogP contribution >= 0.6 is 11.3 Å². The van der Waals surface area contributed by atoms with Gasteiger partial charge in [-0.05, 0) is 16.9 Å². The zero-order valence-corrected chi connectivity index (χ0v) is 18.3. The van der Waals surface area contributed by atoms with E-state index in [1.807, 2.05) is 0 Å². The fourth-order valence-corrected chi connectivity index (χ4v) is 3.78. The summed E-state index contributed by atoms with van der Waals surface area (Å²) in [5, 5.41) is 13.4. The van der Waals surface area contributed by atoms with Crippen LogP contribution in [0.5, 0.6) is 5.75 Å². The molecule has 0 radical (unpaired) electrons. The van der Waals surface area contributed by atoms with E-state index in [1.165, 1.54) is 6.07 Å². The monoisotopic (exact) mass is 466 g/mol. The fraction of sp³-hybridized carbons (Fsp3) is 0.318. The van der Waals surface area contributed by atoms with Crippen molar-refractivity contribution < 1.29 is 32.6 Å². The number of nitrogens with one attached hydrogen (secondary N) is 1. The van der Waals surface area contributed by atoms with Crippen molar-refractivity contribution in [1.82, 2.24) is 10.3 Å². The van der Waals surface area contributed by atoms with Gasteiger partial charge in [0.15, 0.2) is 0 Å². The lowest BCUT2D eigenvalue weighted by atomic mass is 9.86. The molecule has 0 aliphatic rings. The summed E-state index contributed by atoms with van der Waals surface area (Å²) in [6, 6.07) is 9.06. The molecule has 0 saturated carbocycles. The van der Waals surface area contributed by atoms with Crippen LogP contribution in [0.3, 0.4) is 0 Å². The average molecular weight is 466 g/mol. The number of fused-ring (bicyclic) bond motifs is 1. The van der Waals surface area contributed by atoms with Gasteiger partial charge in [0.05, 0.1) is 11.8 Å². The molecule has 0 aliphatic carbocycles. The second-order valence-corrected chi connectivity index (χ2v) is 9.29. The molecule has 2 N–H and O–H groups in total. The van der Waals surface area contributed by atoms with Gasteiger partial charge in [0.25, 0.3) is 5.91 Å². The highest BCUT2D eigenvalue weighted by Crippen LogP contribution is 2.35. The Hall–Kier alpha value is -3.14. The van der Waals surface area contributed by atoms with Crippen LogP contribution in [0.4, 0.5) is 13.2 Å². The lowest BCUT2D eigenvalue weighted by molar-refractivity contribution is -0.142. The number of hydrogen-bond donors (Lipinski definition) is 2. The predicted octanol–water partition coefficient (Wildman–Crippen LogP) is 5.12. The SMILES string of the molecule is CC(C)(C)[C@H](NC(=O)c1ccc2ccccc2c1OCc1ncc(C(F)(F)F)s1)C(=O)O. The highest BCUT2D eigenvalue weighted by molar-refractivity contribution is 7.11. The Bertz CT molecular complexity index is 1150. The molecular formula is C22H21F3N2O4S. The van der Waals surface area contributed by atoms with Crippen molar-refractivity contribution in [3.63, 3.8) is 0 Å². The summed E-state index contributed by atoms with van der Waals surface area (Å²) in [5.41, 5.74) is -0.680. The van der Waals surface area contributed by atoms with Crippen molar-refractivity contribution in [3.05, 3.63) is 58.0 Å². The van der Waals surface area contributed by atoms with Gasteiger partial charge in [0.1, 0.15) is 28.3 Å². The van der Waals surface area contributed by atoms with Crippen molar-refractivity contribution in [1.29, 1.82) is 0 Å². The van der Waals surface area contributed by atoms with Crippen molar-refractivity contribution in [2.75, 3.05) is 0 Å². The number of aliphatic carboxylic acids is 1. The van der Waals surface area contributed by atoms with Gasteiger partial charge < -0.3 is 15.2 Å². The summed E-state index contributed by atoms with van der Waals surface area (Å²) >= 11 is 0.457. The van der Waals surface area contributed by atoms with E-state index in [1.54, 1.807) is 51.1 Å². The molecule has 0 aliphatic heterocycles.